The molecule has 1 aliphatic rings. The van der Waals surface area contributed by atoms with Gasteiger partial charge in [0, 0.05) is 12.6 Å². The minimum Gasteiger partial charge on any atom is -0.444 e. The Morgan fingerprint density at radius 3 is 2.29 bits per heavy atom. The van der Waals surface area contributed by atoms with Crippen LogP contribution in [0.25, 0.3) is 0 Å². The van der Waals surface area contributed by atoms with Crippen molar-refractivity contribution >= 4 is 12.0 Å². The van der Waals surface area contributed by atoms with E-state index in [0.29, 0.717) is 0 Å². The van der Waals surface area contributed by atoms with Gasteiger partial charge in [-0.25, -0.2) is 13.6 Å². The molecule has 1 aromatic rings. The average molecular weight is 340 g/mol. The van der Waals surface area contributed by atoms with Crippen molar-refractivity contribution in [1.82, 2.24) is 10.2 Å². The van der Waals surface area contributed by atoms with Crippen LogP contribution in [0.2, 0.25) is 0 Å². The van der Waals surface area contributed by atoms with Crippen LogP contribution in [0.3, 0.4) is 0 Å². The van der Waals surface area contributed by atoms with Gasteiger partial charge in [-0.15, -0.1) is 0 Å². The molecule has 0 aliphatic carbocycles. The monoisotopic (exact) mass is 340 g/mol. The summed E-state index contributed by atoms with van der Waals surface area (Å²) in [6.45, 7) is 8.41. The van der Waals surface area contributed by atoms with Crippen molar-refractivity contribution < 1.29 is 23.1 Å². The molecular formula is C17H22F2N2O3. The summed E-state index contributed by atoms with van der Waals surface area (Å²) in [5.74, 6) is -1.91. The number of benzene rings is 1. The highest BCUT2D eigenvalue weighted by Crippen LogP contribution is 2.29. The lowest BCUT2D eigenvalue weighted by atomic mass is 9.94. The minimum atomic E-state index is -1.13. The molecule has 1 heterocycles. The Balaban J connectivity index is 2.32. The molecular weight excluding hydrogens is 318 g/mol. The Labute approximate surface area is 140 Å². The Bertz CT molecular complexity index is 648. The second-order valence-corrected chi connectivity index (χ2v) is 7.38. The maximum atomic E-state index is 13.5. The Morgan fingerprint density at radius 1 is 1.25 bits per heavy atom. The van der Waals surface area contributed by atoms with Gasteiger partial charge in [0.25, 0.3) is 0 Å². The lowest BCUT2D eigenvalue weighted by Crippen LogP contribution is -2.64. The quantitative estimate of drug-likeness (QED) is 0.854. The first kappa shape index (κ1) is 18.2. The maximum absolute atomic E-state index is 13.5. The van der Waals surface area contributed by atoms with Crippen LogP contribution in [0.1, 0.15) is 46.2 Å². The minimum absolute atomic E-state index is 0.0521. The van der Waals surface area contributed by atoms with Crippen LogP contribution in [-0.2, 0) is 9.53 Å². The summed E-state index contributed by atoms with van der Waals surface area (Å²) in [4.78, 5) is 26.1. The molecule has 0 aromatic heterocycles. The van der Waals surface area contributed by atoms with E-state index in [4.69, 9.17) is 4.74 Å². The highest BCUT2D eigenvalue weighted by atomic mass is 19.1. The van der Waals surface area contributed by atoms with Gasteiger partial charge in [0.05, 0.1) is 6.04 Å². The highest BCUT2D eigenvalue weighted by molar-refractivity contribution is 5.90. The first-order valence-corrected chi connectivity index (χ1v) is 7.68. The molecule has 1 aliphatic heterocycles. The molecule has 1 fully saturated rings. The molecule has 1 aromatic carbocycles. The molecule has 0 spiro atoms. The third-order valence-corrected chi connectivity index (χ3v) is 3.80. The number of nitrogens with one attached hydrogen (secondary N) is 1. The number of ether oxygens (including phenoxy) is 1. The van der Waals surface area contributed by atoms with Gasteiger partial charge in [-0.05, 0) is 52.3 Å². The summed E-state index contributed by atoms with van der Waals surface area (Å²) in [5, 5.41) is 2.70. The topological polar surface area (TPSA) is 58.6 Å². The number of nitrogens with zero attached hydrogens (tertiary/aromatic N) is 1. The second-order valence-electron chi connectivity index (χ2n) is 7.38. The van der Waals surface area contributed by atoms with Crippen molar-refractivity contribution in [3.8, 4) is 0 Å². The van der Waals surface area contributed by atoms with Gasteiger partial charge in [0.1, 0.15) is 22.8 Å². The van der Waals surface area contributed by atoms with Crippen molar-refractivity contribution in [3.63, 3.8) is 0 Å². The van der Waals surface area contributed by atoms with Gasteiger partial charge in [0.15, 0.2) is 0 Å². The number of carbonyl (C=O) groups is 2. The number of hydrogen-bond donors (Lipinski definition) is 1. The van der Waals surface area contributed by atoms with E-state index in [1.54, 1.807) is 34.6 Å². The van der Waals surface area contributed by atoms with E-state index >= 15 is 0 Å². The number of piperazine rings is 1. The van der Waals surface area contributed by atoms with E-state index in [2.05, 4.69) is 5.32 Å². The van der Waals surface area contributed by atoms with Crippen LogP contribution in [0.5, 0.6) is 0 Å². The molecule has 1 atom stereocenters. The molecule has 2 amide bonds. The molecule has 5 nitrogen and oxygen atoms in total. The van der Waals surface area contributed by atoms with Gasteiger partial charge >= 0.3 is 6.09 Å². The van der Waals surface area contributed by atoms with Crippen molar-refractivity contribution in [2.75, 3.05) is 6.54 Å². The third-order valence-electron chi connectivity index (χ3n) is 3.80. The number of hydrogen-bond acceptors (Lipinski definition) is 3. The summed E-state index contributed by atoms with van der Waals surface area (Å²) in [6.07, 6.45) is -0.649. The number of halogens is 2. The molecule has 7 heteroatoms. The van der Waals surface area contributed by atoms with Gasteiger partial charge in [-0.3, -0.25) is 9.69 Å². The zero-order valence-electron chi connectivity index (χ0n) is 14.4. The molecule has 1 N–H and O–H groups in total. The van der Waals surface area contributed by atoms with Crippen LogP contribution < -0.4 is 5.32 Å². The van der Waals surface area contributed by atoms with E-state index < -0.39 is 40.8 Å². The maximum Gasteiger partial charge on any atom is 0.411 e. The van der Waals surface area contributed by atoms with E-state index in [1.165, 1.54) is 4.90 Å². The highest BCUT2D eigenvalue weighted by Gasteiger charge is 2.45. The van der Waals surface area contributed by atoms with Gasteiger partial charge in [-0.1, -0.05) is 0 Å². The molecule has 0 bridgehead atoms. The van der Waals surface area contributed by atoms with Crippen LogP contribution in [0, 0.1) is 11.6 Å². The van der Waals surface area contributed by atoms with Crippen molar-refractivity contribution in [2.24, 2.45) is 0 Å². The molecule has 1 unspecified atom stereocenters. The van der Waals surface area contributed by atoms with E-state index in [-0.39, 0.29) is 12.1 Å². The van der Waals surface area contributed by atoms with Gasteiger partial charge < -0.3 is 10.1 Å². The normalized spacial score (nSPS) is 20.5. The molecule has 24 heavy (non-hydrogen) atoms. The second kappa shape index (κ2) is 6.03. The Morgan fingerprint density at radius 2 is 1.79 bits per heavy atom. The largest absolute Gasteiger partial charge is 0.444 e. The SMILES string of the molecule is CC(C)(C)OC(=O)N1CC(c2cc(F)cc(F)c2)NC(=O)C1(C)C. The summed E-state index contributed by atoms with van der Waals surface area (Å²) in [7, 11) is 0. The first-order chi connectivity index (χ1) is 10.9. The predicted octanol–water partition coefficient (Wildman–Crippen LogP) is 3.15. The lowest BCUT2D eigenvalue weighted by Gasteiger charge is -2.44. The van der Waals surface area contributed by atoms with Crippen molar-refractivity contribution in [2.45, 2.75) is 51.8 Å². The number of amides is 2. The number of rotatable bonds is 1. The zero-order chi connectivity index (χ0) is 18.3. The first-order valence-electron chi connectivity index (χ1n) is 7.68. The Kier molecular flexibility index (Phi) is 4.57. The zero-order valence-corrected chi connectivity index (χ0v) is 14.4. The summed E-state index contributed by atoms with van der Waals surface area (Å²) in [6, 6.07) is 2.31. The van der Waals surface area contributed by atoms with E-state index in [1.807, 2.05) is 0 Å². The van der Waals surface area contributed by atoms with E-state index in [0.717, 1.165) is 18.2 Å². The van der Waals surface area contributed by atoms with Crippen molar-refractivity contribution in [3.05, 3.63) is 35.4 Å². The molecule has 0 radical (unpaired) electrons. The molecule has 1 saturated heterocycles. The summed E-state index contributed by atoms with van der Waals surface area (Å²) < 4.78 is 32.3. The Hall–Kier alpha value is -2.18. The standard InChI is InChI=1S/C17H22F2N2O3/c1-16(2,3)24-15(23)21-9-13(20-14(22)17(21,4)5)10-6-11(18)8-12(19)7-10/h6-8,13H,9H2,1-5H3,(H,20,22). The van der Waals surface area contributed by atoms with Crippen LogP contribution in [0.15, 0.2) is 18.2 Å². The average Bonchev–Trinajstić information content (AvgIpc) is 2.38. The lowest BCUT2D eigenvalue weighted by molar-refractivity contribution is -0.136. The summed E-state index contributed by atoms with van der Waals surface area (Å²) >= 11 is 0. The fourth-order valence-corrected chi connectivity index (χ4v) is 2.50. The van der Waals surface area contributed by atoms with Crippen LogP contribution in [-0.4, -0.2) is 34.6 Å². The van der Waals surface area contributed by atoms with E-state index in [9.17, 15) is 18.4 Å². The number of carbonyl (C=O) groups excluding carboxylic acids is 2. The van der Waals surface area contributed by atoms with Crippen LogP contribution in [0.4, 0.5) is 13.6 Å². The smallest absolute Gasteiger partial charge is 0.411 e. The summed E-state index contributed by atoms with van der Waals surface area (Å²) in [5.41, 5.74) is -1.60. The van der Waals surface area contributed by atoms with Crippen molar-refractivity contribution in [1.29, 1.82) is 0 Å². The third kappa shape index (κ3) is 3.83. The molecule has 2 rings (SSSR count). The van der Waals surface area contributed by atoms with Gasteiger partial charge in [-0.2, -0.15) is 0 Å². The van der Waals surface area contributed by atoms with Gasteiger partial charge in [0.2, 0.25) is 5.91 Å². The van der Waals surface area contributed by atoms with Crippen LogP contribution >= 0.6 is 0 Å². The predicted molar refractivity (Wildman–Crippen MR) is 84.3 cm³/mol. The molecule has 0 saturated carbocycles. The fraction of sp³-hybridized carbons (Fsp3) is 0.529. The molecule has 132 valence electrons. The fourth-order valence-electron chi connectivity index (χ4n) is 2.50.